The zero-order chi connectivity index (χ0) is 13.8. The van der Waals surface area contributed by atoms with Crippen molar-refractivity contribution in [1.29, 1.82) is 0 Å². The van der Waals surface area contributed by atoms with Crippen molar-refractivity contribution in [3.8, 4) is 5.75 Å². The molecule has 1 aliphatic heterocycles. The van der Waals surface area contributed by atoms with E-state index in [0.29, 0.717) is 23.7 Å². The smallest absolute Gasteiger partial charge is 0.126 e. The molecular formula is C16H21FO2. The van der Waals surface area contributed by atoms with Crippen molar-refractivity contribution in [3.63, 3.8) is 0 Å². The van der Waals surface area contributed by atoms with Crippen LogP contribution >= 0.6 is 0 Å². The molecule has 0 bridgehead atoms. The number of benzene rings is 1. The number of aliphatic hydroxyl groups is 1. The van der Waals surface area contributed by atoms with Crippen LogP contribution in [-0.2, 0) is 0 Å². The lowest BCUT2D eigenvalue weighted by molar-refractivity contribution is -0.0394. The average Bonchev–Trinajstić information content (AvgIpc) is 2.49. The molecule has 1 fully saturated rings. The van der Waals surface area contributed by atoms with E-state index in [1.807, 2.05) is 0 Å². The molecule has 1 aromatic carbocycles. The minimum atomic E-state index is -0.629. The first kappa shape index (κ1) is 12.9. The summed E-state index contributed by atoms with van der Waals surface area (Å²) in [4.78, 5) is 0. The van der Waals surface area contributed by atoms with Gasteiger partial charge in [0.1, 0.15) is 17.2 Å². The standard InChI is InChI=1S/C16H21FO2/c1-10-7-15(2,3)9-16(10)8-13(18)12-6-11(17)4-5-14(12)19-16/h4-6,10,13,18H,7-9H2,1-3H3. The molecule has 1 heterocycles. The lowest BCUT2D eigenvalue weighted by atomic mass is 9.81. The first-order valence-corrected chi connectivity index (χ1v) is 6.98. The van der Waals surface area contributed by atoms with Gasteiger partial charge in [-0.3, -0.25) is 0 Å². The summed E-state index contributed by atoms with van der Waals surface area (Å²) < 4.78 is 19.5. The molecule has 0 amide bonds. The van der Waals surface area contributed by atoms with E-state index in [9.17, 15) is 9.50 Å². The average molecular weight is 264 g/mol. The van der Waals surface area contributed by atoms with Gasteiger partial charge in [-0.2, -0.15) is 0 Å². The number of fused-ring (bicyclic) bond motifs is 1. The first-order chi connectivity index (χ1) is 8.81. The van der Waals surface area contributed by atoms with Crippen LogP contribution in [0.15, 0.2) is 18.2 Å². The molecule has 0 radical (unpaired) electrons. The second-order valence-corrected chi connectivity index (χ2v) is 7.02. The fourth-order valence-electron chi connectivity index (χ4n) is 4.05. The summed E-state index contributed by atoms with van der Waals surface area (Å²) in [5.74, 6) is 0.720. The molecule has 1 spiro atoms. The Hall–Kier alpha value is -1.09. The summed E-state index contributed by atoms with van der Waals surface area (Å²) in [5.41, 5.74) is 0.521. The maximum atomic E-state index is 13.3. The SMILES string of the molecule is CC1CC(C)(C)CC12CC(O)c1cc(F)ccc1O2. The second-order valence-electron chi connectivity index (χ2n) is 7.02. The van der Waals surface area contributed by atoms with Crippen molar-refractivity contribution in [2.24, 2.45) is 11.3 Å². The number of ether oxygens (including phenoxy) is 1. The van der Waals surface area contributed by atoms with Gasteiger partial charge in [-0.1, -0.05) is 20.8 Å². The highest BCUT2D eigenvalue weighted by Gasteiger charge is 2.53. The fraction of sp³-hybridized carbons (Fsp3) is 0.625. The number of hydrogen-bond acceptors (Lipinski definition) is 2. The molecule has 2 aliphatic rings. The van der Waals surface area contributed by atoms with Gasteiger partial charge in [-0.25, -0.2) is 4.39 Å². The first-order valence-electron chi connectivity index (χ1n) is 6.98. The molecule has 2 nitrogen and oxygen atoms in total. The summed E-state index contributed by atoms with van der Waals surface area (Å²) in [7, 11) is 0. The minimum absolute atomic E-state index is 0.233. The van der Waals surface area contributed by atoms with Gasteiger partial charge < -0.3 is 9.84 Å². The van der Waals surface area contributed by atoms with Gasteiger partial charge in [0.05, 0.1) is 6.10 Å². The largest absolute Gasteiger partial charge is 0.486 e. The molecule has 1 aliphatic carbocycles. The van der Waals surface area contributed by atoms with E-state index in [1.54, 1.807) is 6.07 Å². The molecule has 3 unspecified atom stereocenters. The van der Waals surface area contributed by atoms with Gasteiger partial charge in [-0.15, -0.1) is 0 Å². The van der Waals surface area contributed by atoms with E-state index in [-0.39, 0.29) is 16.8 Å². The van der Waals surface area contributed by atoms with Gasteiger partial charge >= 0.3 is 0 Å². The summed E-state index contributed by atoms with van der Waals surface area (Å²) >= 11 is 0. The summed E-state index contributed by atoms with van der Waals surface area (Å²) in [6.07, 6.45) is 1.97. The van der Waals surface area contributed by atoms with Crippen molar-refractivity contribution >= 4 is 0 Å². The van der Waals surface area contributed by atoms with Crippen LogP contribution in [0.3, 0.4) is 0 Å². The Morgan fingerprint density at radius 2 is 2.05 bits per heavy atom. The topological polar surface area (TPSA) is 29.5 Å². The Morgan fingerprint density at radius 1 is 1.32 bits per heavy atom. The Labute approximate surface area is 113 Å². The molecule has 1 aromatic rings. The van der Waals surface area contributed by atoms with Gasteiger partial charge in [0.25, 0.3) is 0 Å². The third-order valence-electron chi connectivity index (χ3n) is 4.72. The minimum Gasteiger partial charge on any atom is -0.486 e. The Bertz CT molecular complexity index is 511. The maximum absolute atomic E-state index is 13.3. The third kappa shape index (κ3) is 2.04. The van der Waals surface area contributed by atoms with Crippen molar-refractivity contribution in [2.75, 3.05) is 0 Å². The van der Waals surface area contributed by atoms with Gasteiger partial charge in [0.15, 0.2) is 0 Å². The quantitative estimate of drug-likeness (QED) is 0.771. The van der Waals surface area contributed by atoms with Crippen LogP contribution in [0.25, 0.3) is 0 Å². The second kappa shape index (κ2) is 3.95. The molecule has 19 heavy (non-hydrogen) atoms. The van der Waals surface area contributed by atoms with Crippen molar-refractivity contribution in [2.45, 2.75) is 51.7 Å². The zero-order valence-corrected chi connectivity index (χ0v) is 11.7. The molecule has 1 N–H and O–H groups in total. The van der Waals surface area contributed by atoms with Crippen LogP contribution in [0.4, 0.5) is 4.39 Å². The maximum Gasteiger partial charge on any atom is 0.126 e. The van der Waals surface area contributed by atoms with Crippen molar-refractivity contribution in [3.05, 3.63) is 29.6 Å². The highest BCUT2D eigenvalue weighted by atomic mass is 19.1. The zero-order valence-electron chi connectivity index (χ0n) is 11.7. The molecule has 1 saturated carbocycles. The van der Waals surface area contributed by atoms with Crippen LogP contribution in [0.2, 0.25) is 0 Å². The predicted octanol–water partition coefficient (Wildman–Crippen LogP) is 3.84. The number of hydrogen-bond donors (Lipinski definition) is 1. The van der Waals surface area contributed by atoms with E-state index < -0.39 is 6.10 Å². The number of halogens is 1. The Kier molecular flexibility index (Phi) is 2.69. The van der Waals surface area contributed by atoms with Crippen LogP contribution in [0.5, 0.6) is 5.75 Å². The van der Waals surface area contributed by atoms with E-state index >= 15 is 0 Å². The molecule has 0 saturated heterocycles. The van der Waals surface area contributed by atoms with E-state index in [4.69, 9.17) is 4.74 Å². The van der Waals surface area contributed by atoms with Crippen LogP contribution in [0, 0.1) is 17.2 Å². The normalized spacial score (nSPS) is 36.1. The van der Waals surface area contributed by atoms with Gasteiger partial charge in [0.2, 0.25) is 0 Å². The van der Waals surface area contributed by atoms with Crippen LogP contribution < -0.4 is 4.74 Å². The van der Waals surface area contributed by atoms with E-state index in [2.05, 4.69) is 20.8 Å². The summed E-state index contributed by atoms with van der Waals surface area (Å²) in [6, 6.07) is 4.43. The fourth-order valence-corrected chi connectivity index (χ4v) is 4.05. The van der Waals surface area contributed by atoms with Gasteiger partial charge in [-0.05, 0) is 42.4 Å². The van der Waals surface area contributed by atoms with Crippen LogP contribution in [0.1, 0.15) is 51.7 Å². The molecule has 104 valence electrons. The molecular weight excluding hydrogens is 243 g/mol. The monoisotopic (exact) mass is 264 g/mol. The van der Waals surface area contributed by atoms with E-state index in [0.717, 1.165) is 12.8 Å². The molecule has 3 heteroatoms. The van der Waals surface area contributed by atoms with Gasteiger partial charge in [0, 0.05) is 12.0 Å². The van der Waals surface area contributed by atoms with Crippen LogP contribution in [-0.4, -0.2) is 10.7 Å². The Morgan fingerprint density at radius 3 is 2.68 bits per heavy atom. The lowest BCUT2D eigenvalue weighted by Crippen LogP contribution is -2.43. The predicted molar refractivity (Wildman–Crippen MR) is 71.5 cm³/mol. The molecule has 0 aromatic heterocycles. The third-order valence-corrected chi connectivity index (χ3v) is 4.72. The highest BCUT2D eigenvalue weighted by molar-refractivity contribution is 5.39. The number of rotatable bonds is 0. The van der Waals surface area contributed by atoms with Crippen molar-refractivity contribution in [1.82, 2.24) is 0 Å². The molecule has 3 atom stereocenters. The van der Waals surface area contributed by atoms with Crippen molar-refractivity contribution < 1.29 is 14.2 Å². The summed E-state index contributed by atoms with van der Waals surface area (Å²) in [6.45, 7) is 6.68. The Balaban J connectivity index is 1.99. The lowest BCUT2D eigenvalue weighted by Gasteiger charge is -2.41. The summed E-state index contributed by atoms with van der Waals surface area (Å²) in [5, 5.41) is 10.4. The molecule has 3 rings (SSSR count). The number of aliphatic hydroxyl groups excluding tert-OH is 1. The van der Waals surface area contributed by atoms with E-state index in [1.165, 1.54) is 12.1 Å². The highest BCUT2D eigenvalue weighted by Crippen LogP contribution is 2.55.